The number of alkyl halides is 3. The van der Waals surface area contributed by atoms with Crippen molar-refractivity contribution in [2.45, 2.75) is 32.9 Å². The molecule has 7 nitrogen and oxygen atoms in total. The van der Waals surface area contributed by atoms with Crippen LogP contribution < -0.4 is 11.2 Å². The Balaban J connectivity index is 2.65. The molecule has 1 heterocycles. The monoisotopic (exact) mass is 449 g/mol. The summed E-state index contributed by atoms with van der Waals surface area (Å²) in [5.41, 5.74) is -5.06. The van der Waals surface area contributed by atoms with E-state index < -0.39 is 51.2 Å². The summed E-state index contributed by atoms with van der Waals surface area (Å²) in [6.07, 6.45) is -3.97. The molecule has 30 heavy (non-hydrogen) atoms. The van der Waals surface area contributed by atoms with Gasteiger partial charge in [-0.1, -0.05) is 30.6 Å². The van der Waals surface area contributed by atoms with Crippen molar-refractivity contribution in [3.63, 3.8) is 0 Å². The van der Waals surface area contributed by atoms with Crippen LogP contribution in [0.3, 0.4) is 0 Å². The van der Waals surface area contributed by atoms with Crippen molar-refractivity contribution in [3.05, 3.63) is 61.1 Å². The third-order valence-electron chi connectivity index (χ3n) is 4.18. The number of nitrogens with zero attached hydrogens (tertiary/aromatic N) is 3. The summed E-state index contributed by atoms with van der Waals surface area (Å²) in [6.45, 7) is 3.57. The van der Waals surface area contributed by atoms with Crippen molar-refractivity contribution in [1.29, 1.82) is 0 Å². The summed E-state index contributed by atoms with van der Waals surface area (Å²) < 4.78 is 53.7. The van der Waals surface area contributed by atoms with E-state index in [1.54, 1.807) is 13.8 Å². The van der Waals surface area contributed by atoms with Gasteiger partial charge in [0, 0.05) is 13.1 Å². The molecule has 0 unspecified atom stereocenters. The highest BCUT2D eigenvalue weighted by molar-refractivity contribution is 6.33. The molecule has 2 aromatic rings. The minimum Gasteiger partial charge on any atom is -0.313 e. The zero-order valence-corrected chi connectivity index (χ0v) is 16.8. The molecule has 0 fully saturated rings. The topological polar surface area (TPSA) is 82.7 Å². The lowest BCUT2D eigenvalue weighted by atomic mass is 10.2. The van der Waals surface area contributed by atoms with E-state index in [4.69, 9.17) is 16.4 Å². The molecule has 1 aromatic heterocycles. The smallest absolute Gasteiger partial charge is 0.313 e. The first-order valence-electron chi connectivity index (χ1n) is 8.59. The van der Waals surface area contributed by atoms with Gasteiger partial charge in [-0.2, -0.15) is 13.2 Å². The molecule has 0 atom stereocenters. The van der Waals surface area contributed by atoms with Gasteiger partial charge in [0.2, 0.25) is 0 Å². The Bertz CT molecular complexity index is 1130. The molecule has 1 aromatic carbocycles. The zero-order valence-electron chi connectivity index (χ0n) is 16.0. The van der Waals surface area contributed by atoms with Crippen molar-refractivity contribution in [2.75, 3.05) is 0 Å². The second kappa shape index (κ2) is 8.82. The van der Waals surface area contributed by atoms with E-state index in [0.717, 1.165) is 13.1 Å². The van der Waals surface area contributed by atoms with Crippen molar-refractivity contribution >= 4 is 23.3 Å². The van der Waals surface area contributed by atoms with Gasteiger partial charge in [0.1, 0.15) is 11.5 Å². The fraction of sp³-hybridized carbons (Fsp3) is 0.333. The standard InChI is InChI=1S/C18H16ClF4N3O4/c1-4-9(5-2)24-30-16(28)10-6-13(12(20)7-11(10)19)26-15(27)8-14(18(21,22)23)25(3)17(26)29/h6-8H,4-5H2,1-3H3. The summed E-state index contributed by atoms with van der Waals surface area (Å²) in [5.74, 6) is -2.31. The normalized spacial score (nSPS) is 11.3. The van der Waals surface area contributed by atoms with Gasteiger partial charge in [-0.05, 0) is 25.0 Å². The molecule has 0 aliphatic heterocycles. The van der Waals surface area contributed by atoms with Gasteiger partial charge >= 0.3 is 17.8 Å². The van der Waals surface area contributed by atoms with E-state index in [2.05, 4.69) is 5.16 Å². The third-order valence-corrected chi connectivity index (χ3v) is 4.49. The van der Waals surface area contributed by atoms with Gasteiger partial charge in [0.15, 0.2) is 0 Å². The lowest BCUT2D eigenvalue weighted by Gasteiger charge is -2.15. The molecule has 0 aliphatic carbocycles. The number of aromatic nitrogens is 2. The predicted octanol–water partition coefficient (Wildman–Crippen LogP) is 3.68. The average molecular weight is 450 g/mol. The number of benzene rings is 1. The van der Waals surface area contributed by atoms with Gasteiger partial charge in [-0.15, -0.1) is 0 Å². The molecule has 12 heteroatoms. The van der Waals surface area contributed by atoms with Crippen molar-refractivity contribution in [2.24, 2.45) is 12.2 Å². The Morgan fingerprint density at radius 1 is 1.17 bits per heavy atom. The number of hydrogen-bond acceptors (Lipinski definition) is 5. The number of halogens is 5. The van der Waals surface area contributed by atoms with Gasteiger partial charge in [0.25, 0.3) is 5.56 Å². The first-order valence-corrected chi connectivity index (χ1v) is 8.96. The Labute approximate surface area is 172 Å². The van der Waals surface area contributed by atoms with E-state index in [1.807, 2.05) is 0 Å². The predicted molar refractivity (Wildman–Crippen MR) is 101 cm³/mol. The molecule has 0 spiro atoms. The van der Waals surface area contributed by atoms with Crippen LogP contribution in [-0.2, 0) is 18.1 Å². The summed E-state index contributed by atoms with van der Waals surface area (Å²) in [5, 5.41) is 3.25. The highest BCUT2D eigenvalue weighted by atomic mass is 35.5. The van der Waals surface area contributed by atoms with Crippen LogP contribution in [0, 0.1) is 5.82 Å². The zero-order chi connectivity index (χ0) is 22.8. The quantitative estimate of drug-likeness (QED) is 0.302. The van der Waals surface area contributed by atoms with Gasteiger partial charge < -0.3 is 4.84 Å². The molecule has 0 amide bonds. The lowest BCUT2D eigenvalue weighted by molar-refractivity contribution is -0.144. The Kier molecular flexibility index (Phi) is 6.86. The number of carbonyl (C=O) groups excluding carboxylic acids is 1. The molecular weight excluding hydrogens is 434 g/mol. The van der Waals surface area contributed by atoms with E-state index in [0.29, 0.717) is 24.6 Å². The molecular formula is C18H16ClF4N3O4. The van der Waals surface area contributed by atoms with Gasteiger partial charge in [-0.3, -0.25) is 9.36 Å². The summed E-state index contributed by atoms with van der Waals surface area (Å²) >= 11 is 5.85. The third kappa shape index (κ3) is 4.61. The van der Waals surface area contributed by atoms with Gasteiger partial charge in [-0.25, -0.2) is 18.5 Å². The Morgan fingerprint density at radius 2 is 1.77 bits per heavy atom. The first-order chi connectivity index (χ1) is 13.9. The van der Waals surface area contributed by atoms with Crippen LogP contribution in [0.2, 0.25) is 5.02 Å². The fourth-order valence-corrected chi connectivity index (χ4v) is 2.75. The second-order valence-electron chi connectivity index (χ2n) is 6.07. The Hall–Kier alpha value is -2.95. The molecule has 0 aliphatic rings. The molecule has 0 radical (unpaired) electrons. The molecule has 0 N–H and O–H groups in total. The van der Waals surface area contributed by atoms with E-state index in [9.17, 15) is 31.9 Å². The maximum absolute atomic E-state index is 14.4. The van der Waals surface area contributed by atoms with E-state index in [1.165, 1.54) is 0 Å². The number of hydrogen-bond donors (Lipinski definition) is 0. The van der Waals surface area contributed by atoms with Crippen LogP contribution >= 0.6 is 11.6 Å². The van der Waals surface area contributed by atoms with Crippen LogP contribution in [0.1, 0.15) is 42.7 Å². The number of oxime groups is 1. The molecule has 162 valence electrons. The highest BCUT2D eigenvalue weighted by Crippen LogP contribution is 2.27. The van der Waals surface area contributed by atoms with Crippen LogP contribution in [0.5, 0.6) is 0 Å². The second-order valence-corrected chi connectivity index (χ2v) is 6.48. The summed E-state index contributed by atoms with van der Waals surface area (Å²) in [4.78, 5) is 41.6. The number of rotatable bonds is 5. The summed E-state index contributed by atoms with van der Waals surface area (Å²) in [6, 6.07) is 1.52. The maximum atomic E-state index is 14.4. The van der Waals surface area contributed by atoms with Crippen molar-refractivity contribution in [1.82, 2.24) is 9.13 Å². The first kappa shape index (κ1) is 23.3. The molecule has 0 saturated carbocycles. The van der Waals surface area contributed by atoms with Crippen LogP contribution in [0.4, 0.5) is 17.6 Å². The highest BCUT2D eigenvalue weighted by Gasteiger charge is 2.35. The largest absolute Gasteiger partial charge is 0.431 e. The fourth-order valence-electron chi connectivity index (χ4n) is 2.52. The average Bonchev–Trinajstić information content (AvgIpc) is 2.66. The van der Waals surface area contributed by atoms with Crippen LogP contribution in [-0.4, -0.2) is 20.8 Å². The molecule has 0 bridgehead atoms. The number of carbonyl (C=O) groups is 1. The molecule has 0 saturated heterocycles. The minimum absolute atomic E-state index is 0.145. The summed E-state index contributed by atoms with van der Waals surface area (Å²) in [7, 11) is 0.774. The van der Waals surface area contributed by atoms with E-state index in [-0.39, 0.29) is 15.2 Å². The van der Waals surface area contributed by atoms with Crippen molar-refractivity contribution in [3.8, 4) is 5.69 Å². The maximum Gasteiger partial charge on any atom is 0.431 e. The van der Waals surface area contributed by atoms with Crippen molar-refractivity contribution < 1.29 is 27.2 Å². The van der Waals surface area contributed by atoms with Gasteiger partial charge in [0.05, 0.1) is 22.0 Å². The minimum atomic E-state index is -4.98. The SMILES string of the molecule is CCC(CC)=NOC(=O)c1cc(-n2c(=O)cc(C(F)(F)F)n(C)c2=O)c(F)cc1Cl. The van der Waals surface area contributed by atoms with E-state index >= 15 is 0 Å². The lowest BCUT2D eigenvalue weighted by Crippen LogP contribution is -2.41. The molecule has 2 rings (SSSR count). The Morgan fingerprint density at radius 3 is 2.30 bits per heavy atom. The van der Waals surface area contributed by atoms with Crippen LogP contribution in [0.25, 0.3) is 5.69 Å². The van der Waals surface area contributed by atoms with Crippen LogP contribution in [0.15, 0.2) is 32.9 Å².